The van der Waals surface area contributed by atoms with Gasteiger partial charge >= 0.3 is 0 Å². The lowest BCUT2D eigenvalue weighted by Crippen LogP contribution is -2.09. The number of aryl methyl sites for hydroxylation is 1. The van der Waals surface area contributed by atoms with Crippen LogP contribution in [0.1, 0.15) is 19.8 Å². The Morgan fingerprint density at radius 2 is 1.95 bits per heavy atom. The third-order valence-corrected chi connectivity index (χ3v) is 2.62. The number of aromatic nitrogens is 4. The normalized spacial score (nSPS) is 10.4. The van der Waals surface area contributed by atoms with E-state index < -0.39 is 0 Å². The van der Waals surface area contributed by atoms with E-state index in [1.807, 2.05) is 16.9 Å². The fourth-order valence-electron chi connectivity index (χ4n) is 1.68. The van der Waals surface area contributed by atoms with Gasteiger partial charge in [-0.3, -0.25) is 9.67 Å². The Balaban J connectivity index is 1.73. The van der Waals surface area contributed by atoms with Crippen molar-refractivity contribution in [3.63, 3.8) is 0 Å². The Hall–Kier alpha value is -2.11. The molecule has 2 heterocycles. The summed E-state index contributed by atoms with van der Waals surface area (Å²) >= 11 is 0. The van der Waals surface area contributed by atoms with Crippen molar-refractivity contribution < 1.29 is 0 Å². The molecule has 2 aromatic rings. The minimum Gasteiger partial charge on any atom is -0.369 e. The molecule has 2 aromatic heterocycles. The van der Waals surface area contributed by atoms with Crippen molar-refractivity contribution in [2.75, 3.05) is 23.7 Å². The molecule has 0 radical (unpaired) electrons. The Labute approximate surface area is 113 Å². The maximum Gasteiger partial charge on any atom is 0.146 e. The van der Waals surface area contributed by atoms with Crippen LogP contribution in [0.5, 0.6) is 0 Å². The van der Waals surface area contributed by atoms with Gasteiger partial charge in [-0.2, -0.15) is 5.10 Å². The van der Waals surface area contributed by atoms with Crippen molar-refractivity contribution in [3.05, 3.63) is 30.9 Å². The zero-order valence-electron chi connectivity index (χ0n) is 11.2. The molecule has 6 nitrogen and oxygen atoms in total. The van der Waals surface area contributed by atoms with E-state index in [-0.39, 0.29) is 0 Å². The maximum absolute atomic E-state index is 4.44. The van der Waals surface area contributed by atoms with Crippen LogP contribution in [0, 0.1) is 0 Å². The number of nitrogens with one attached hydrogen (secondary N) is 2. The van der Waals surface area contributed by atoms with Gasteiger partial charge in [0.15, 0.2) is 0 Å². The summed E-state index contributed by atoms with van der Waals surface area (Å²) in [5.74, 6) is 1.63. The van der Waals surface area contributed by atoms with Gasteiger partial charge in [0.25, 0.3) is 0 Å². The fourth-order valence-corrected chi connectivity index (χ4v) is 1.68. The summed E-state index contributed by atoms with van der Waals surface area (Å²) in [6.45, 7) is 4.79. The van der Waals surface area contributed by atoms with Crippen LogP contribution in [0.25, 0.3) is 0 Å². The molecule has 0 aliphatic rings. The first-order valence-corrected chi connectivity index (χ1v) is 6.65. The topological polar surface area (TPSA) is 67.7 Å². The highest BCUT2D eigenvalue weighted by Gasteiger charge is 1.97. The number of nitrogens with zero attached hydrogens (tertiary/aromatic N) is 4. The molecule has 0 spiro atoms. The lowest BCUT2D eigenvalue weighted by molar-refractivity contribution is 0.591. The molecule has 0 saturated heterocycles. The van der Waals surface area contributed by atoms with E-state index in [2.05, 4.69) is 32.6 Å². The molecule has 102 valence electrons. The molecule has 0 saturated carbocycles. The van der Waals surface area contributed by atoms with Crippen molar-refractivity contribution in [2.24, 2.45) is 0 Å². The van der Waals surface area contributed by atoms with Gasteiger partial charge in [-0.15, -0.1) is 0 Å². The average Bonchev–Trinajstić information content (AvgIpc) is 2.95. The first-order valence-electron chi connectivity index (χ1n) is 6.65. The predicted molar refractivity (Wildman–Crippen MR) is 76.1 cm³/mol. The van der Waals surface area contributed by atoms with Crippen LogP contribution >= 0.6 is 0 Å². The second-order valence-corrected chi connectivity index (χ2v) is 4.27. The van der Waals surface area contributed by atoms with Crippen LogP contribution < -0.4 is 10.6 Å². The van der Waals surface area contributed by atoms with Crippen molar-refractivity contribution in [1.29, 1.82) is 0 Å². The van der Waals surface area contributed by atoms with Crippen LogP contribution in [0.4, 0.5) is 11.6 Å². The second-order valence-electron chi connectivity index (χ2n) is 4.27. The van der Waals surface area contributed by atoms with Gasteiger partial charge in [0, 0.05) is 32.0 Å². The van der Waals surface area contributed by atoms with Crippen molar-refractivity contribution in [1.82, 2.24) is 19.7 Å². The van der Waals surface area contributed by atoms with Crippen molar-refractivity contribution in [3.8, 4) is 0 Å². The molecule has 2 N–H and O–H groups in total. The average molecular weight is 260 g/mol. The number of hydrogen-bond donors (Lipinski definition) is 2. The van der Waals surface area contributed by atoms with Gasteiger partial charge in [0.1, 0.15) is 11.6 Å². The zero-order valence-corrected chi connectivity index (χ0v) is 11.2. The van der Waals surface area contributed by atoms with E-state index in [0.717, 1.165) is 44.1 Å². The number of rotatable bonds is 8. The monoisotopic (exact) mass is 260 g/mol. The van der Waals surface area contributed by atoms with Crippen LogP contribution in [0.15, 0.2) is 30.9 Å². The van der Waals surface area contributed by atoms with Crippen LogP contribution in [-0.2, 0) is 6.54 Å². The Bertz CT molecular complexity index is 468. The zero-order chi connectivity index (χ0) is 13.3. The minimum absolute atomic E-state index is 0.807. The van der Waals surface area contributed by atoms with Crippen molar-refractivity contribution >= 4 is 11.6 Å². The van der Waals surface area contributed by atoms with E-state index >= 15 is 0 Å². The summed E-state index contributed by atoms with van der Waals surface area (Å²) in [5.41, 5.74) is 0. The van der Waals surface area contributed by atoms with Gasteiger partial charge in [0.2, 0.25) is 0 Å². The largest absolute Gasteiger partial charge is 0.369 e. The smallest absolute Gasteiger partial charge is 0.146 e. The van der Waals surface area contributed by atoms with E-state index in [9.17, 15) is 0 Å². The molecule has 0 unspecified atom stereocenters. The molecule has 0 bridgehead atoms. The van der Waals surface area contributed by atoms with Crippen LogP contribution in [-0.4, -0.2) is 32.8 Å². The quantitative estimate of drug-likeness (QED) is 0.711. The maximum atomic E-state index is 4.44. The van der Waals surface area contributed by atoms with Gasteiger partial charge in [-0.1, -0.05) is 6.92 Å². The molecular formula is C13H20N6. The van der Waals surface area contributed by atoms with E-state index in [0.29, 0.717) is 0 Å². The summed E-state index contributed by atoms with van der Waals surface area (Å²) in [6.07, 6.45) is 9.31. The highest BCUT2D eigenvalue weighted by Crippen LogP contribution is 2.06. The molecular weight excluding hydrogens is 240 g/mol. The number of hydrogen-bond acceptors (Lipinski definition) is 5. The van der Waals surface area contributed by atoms with Crippen LogP contribution in [0.3, 0.4) is 0 Å². The highest BCUT2D eigenvalue weighted by atomic mass is 15.3. The number of anilines is 2. The molecule has 19 heavy (non-hydrogen) atoms. The summed E-state index contributed by atoms with van der Waals surface area (Å²) in [4.78, 5) is 8.60. The van der Waals surface area contributed by atoms with Gasteiger partial charge < -0.3 is 10.6 Å². The van der Waals surface area contributed by atoms with Gasteiger partial charge in [0.05, 0.1) is 12.4 Å². The Morgan fingerprint density at radius 3 is 2.63 bits per heavy atom. The van der Waals surface area contributed by atoms with Crippen LogP contribution in [0.2, 0.25) is 0 Å². The lowest BCUT2D eigenvalue weighted by Gasteiger charge is -2.08. The molecule has 0 aliphatic carbocycles. The fraction of sp³-hybridized carbons (Fsp3) is 0.462. The van der Waals surface area contributed by atoms with E-state index in [1.54, 1.807) is 18.6 Å². The van der Waals surface area contributed by atoms with Gasteiger partial charge in [-0.25, -0.2) is 4.98 Å². The third-order valence-electron chi connectivity index (χ3n) is 2.62. The molecule has 6 heteroatoms. The SMILES string of the molecule is CCCNc1cncc(NCCCn2cccn2)n1. The summed E-state index contributed by atoms with van der Waals surface area (Å²) < 4.78 is 1.92. The molecule has 0 aromatic carbocycles. The van der Waals surface area contributed by atoms with Gasteiger partial charge in [-0.05, 0) is 18.9 Å². The van der Waals surface area contributed by atoms with Crippen molar-refractivity contribution in [2.45, 2.75) is 26.3 Å². The second kappa shape index (κ2) is 7.35. The first-order chi connectivity index (χ1) is 9.38. The predicted octanol–water partition coefficient (Wildman–Crippen LogP) is 2.00. The summed E-state index contributed by atoms with van der Waals surface area (Å²) in [5, 5.41) is 10.6. The van der Waals surface area contributed by atoms with E-state index in [4.69, 9.17) is 0 Å². The first kappa shape index (κ1) is 13.3. The summed E-state index contributed by atoms with van der Waals surface area (Å²) in [7, 11) is 0. The molecule has 2 rings (SSSR count). The highest BCUT2D eigenvalue weighted by molar-refractivity contribution is 5.41. The Morgan fingerprint density at radius 1 is 1.16 bits per heavy atom. The molecule has 0 aliphatic heterocycles. The minimum atomic E-state index is 0.807. The third kappa shape index (κ3) is 4.57. The molecule has 0 amide bonds. The Kier molecular flexibility index (Phi) is 5.16. The lowest BCUT2D eigenvalue weighted by atomic mass is 10.4. The standard InChI is InChI=1S/C13H20N6/c1-2-5-15-12-10-14-11-13(18-12)16-6-3-8-19-9-4-7-17-19/h4,7,9-11H,2-3,5-6,8H2,1H3,(H2,15,16,18). The molecule has 0 atom stereocenters. The molecule has 0 fully saturated rings. The summed E-state index contributed by atoms with van der Waals surface area (Å²) in [6, 6.07) is 1.93. The van der Waals surface area contributed by atoms with E-state index in [1.165, 1.54) is 0 Å².